The van der Waals surface area contributed by atoms with Gasteiger partial charge in [-0.2, -0.15) is 0 Å². The van der Waals surface area contributed by atoms with Crippen LogP contribution in [0.1, 0.15) is 5.56 Å². The maximum Gasteiger partial charge on any atom is 0.0540 e. The summed E-state index contributed by atoms with van der Waals surface area (Å²) in [5.41, 5.74) is 16.8. The average Bonchev–Trinajstić information content (AvgIpc) is 3.32. The van der Waals surface area contributed by atoms with Gasteiger partial charge in [0.25, 0.3) is 0 Å². The Balaban J connectivity index is 1.02. The maximum atomic E-state index is 2.40. The van der Waals surface area contributed by atoms with Gasteiger partial charge in [0.1, 0.15) is 0 Å². The van der Waals surface area contributed by atoms with E-state index in [0.29, 0.717) is 0 Å². The summed E-state index contributed by atoms with van der Waals surface area (Å²) in [6.07, 6.45) is 0. The number of anilines is 3. The summed E-state index contributed by atoms with van der Waals surface area (Å²) in [6, 6.07) is 84.3. The van der Waals surface area contributed by atoms with Gasteiger partial charge in [0.15, 0.2) is 0 Å². The number of hydrogen-bond donors (Lipinski definition) is 0. The third-order valence-corrected chi connectivity index (χ3v) is 12.1. The van der Waals surface area contributed by atoms with Crippen LogP contribution in [-0.2, 0) is 0 Å². The highest BCUT2D eigenvalue weighted by molar-refractivity contribution is 6.27. The standard InChI is InChI=1S/C59H41N/c1-40-20-37-57(56(38-40)44-16-9-4-10-17-44)60(50-29-21-43(22-30-50)41-12-5-2-6-13-41)51-31-23-45(24-32-51)52-33-25-46-28-36-55-53(34-26-47-27-35-54(52)58(46)59(47)55)49-19-11-18-48(39-49)42-14-7-3-8-15-42/h2-39H,1H3. The monoisotopic (exact) mass is 763 g/mol. The molecule has 0 saturated carbocycles. The highest BCUT2D eigenvalue weighted by Crippen LogP contribution is 2.45. The van der Waals surface area contributed by atoms with Crippen molar-refractivity contribution in [2.75, 3.05) is 4.90 Å². The summed E-state index contributed by atoms with van der Waals surface area (Å²) in [7, 11) is 0. The molecule has 0 amide bonds. The van der Waals surface area contributed by atoms with Crippen molar-refractivity contribution in [1.29, 1.82) is 0 Å². The third-order valence-electron chi connectivity index (χ3n) is 12.1. The molecule has 11 aromatic rings. The van der Waals surface area contributed by atoms with Crippen LogP contribution in [0.4, 0.5) is 17.1 Å². The van der Waals surface area contributed by atoms with E-state index in [1.54, 1.807) is 0 Å². The van der Waals surface area contributed by atoms with Gasteiger partial charge in [-0.1, -0.05) is 194 Å². The summed E-state index contributed by atoms with van der Waals surface area (Å²) in [5.74, 6) is 0. The molecule has 11 rings (SSSR count). The molecule has 0 fully saturated rings. The second-order valence-corrected chi connectivity index (χ2v) is 15.8. The zero-order chi connectivity index (χ0) is 40.0. The zero-order valence-corrected chi connectivity index (χ0v) is 33.4. The largest absolute Gasteiger partial charge is 0.310 e. The minimum atomic E-state index is 1.10. The second kappa shape index (κ2) is 14.9. The molecule has 1 heteroatoms. The summed E-state index contributed by atoms with van der Waals surface area (Å²) in [6.45, 7) is 2.17. The molecular weight excluding hydrogens is 723 g/mol. The van der Waals surface area contributed by atoms with Crippen LogP contribution in [0.15, 0.2) is 231 Å². The molecule has 0 atom stereocenters. The fourth-order valence-corrected chi connectivity index (χ4v) is 9.15. The number of nitrogens with zero attached hydrogens (tertiary/aromatic N) is 1. The van der Waals surface area contributed by atoms with Crippen LogP contribution in [0, 0.1) is 6.92 Å². The lowest BCUT2D eigenvalue weighted by Gasteiger charge is -2.28. The first-order valence-electron chi connectivity index (χ1n) is 20.7. The van der Waals surface area contributed by atoms with Crippen LogP contribution >= 0.6 is 0 Å². The summed E-state index contributed by atoms with van der Waals surface area (Å²) in [5, 5.41) is 7.72. The smallest absolute Gasteiger partial charge is 0.0540 e. The molecule has 1 nitrogen and oxygen atoms in total. The lowest BCUT2D eigenvalue weighted by Crippen LogP contribution is -2.11. The van der Waals surface area contributed by atoms with Crippen molar-refractivity contribution in [3.05, 3.63) is 236 Å². The van der Waals surface area contributed by atoms with Crippen LogP contribution in [0.2, 0.25) is 0 Å². The van der Waals surface area contributed by atoms with Gasteiger partial charge in [-0.3, -0.25) is 0 Å². The quantitative estimate of drug-likeness (QED) is 0.139. The van der Waals surface area contributed by atoms with E-state index in [0.717, 1.165) is 17.1 Å². The molecule has 0 unspecified atom stereocenters. The average molecular weight is 764 g/mol. The van der Waals surface area contributed by atoms with E-state index >= 15 is 0 Å². The molecule has 0 aliphatic rings. The predicted molar refractivity (Wildman–Crippen MR) is 257 cm³/mol. The Morgan fingerprint density at radius 2 is 0.717 bits per heavy atom. The van der Waals surface area contributed by atoms with E-state index in [-0.39, 0.29) is 0 Å². The molecular formula is C59H41N. The Labute approximate surface area is 351 Å². The molecule has 0 radical (unpaired) electrons. The maximum absolute atomic E-state index is 2.40. The van der Waals surface area contributed by atoms with Crippen molar-refractivity contribution in [2.45, 2.75) is 6.92 Å². The van der Waals surface area contributed by atoms with Gasteiger partial charge in [0.05, 0.1) is 5.69 Å². The van der Waals surface area contributed by atoms with Crippen LogP contribution in [0.3, 0.4) is 0 Å². The molecule has 0 heterocycles. The first-order chi connectivity index (χ1) is 29.7. The molecule has 11 aromatic carbocycles. The predicted octanol–water partition coefficient (Wildman–Crippen LogP) is 16.7. The number of aryl methyl sites for hydroxylation is 1. The van der Waals surface area contributed by atoms with Crippen LogP contribution in [0.5, 0.6) is 0 Å². The summed E-state index contributed by atoms with van der Waals surface area (Å²) in [4.78, 5) is 2.40. The van der Waals surface area contributed by atoms with Crippen molar-refractivity contribution < 1.29 is 0 Å². The molecule has 0 saturated heterocycles. The SMILES string of the molecule is Cc1ccc(N(c2ccc(-c3ccccc3)cc2)c2ccc(-c3ccc4ccc5c(-c6cccc(-c7ccccc7)c6)ccc6ccc3c4c65)cc2)c(-c2ccccc2)c1. The van der Waals surface area contributed by atoms with Gasteiger partial charge in [-0.15, -0.1) is 0 Å². The molecule has 0 aliphatic carbocycles. The molecule has 0 N–H and O–H groups in total. The highest BCUT2D eigenvalue weighted by atomic mass is 15.1. The fourth-order valence-electron chi connectivity index (χ4n) is 9.15. The van der Waals surface area contributed by atoms with Crippen molar-refractivity contribution in [3.63, 3.8) is 0 Å². The van der Waals surface area contributed by atoms with Crippen LogP contribution < -0.4 is 4.90 Å². The lowest BCUT2D eigenvalue weighted by molar-refractivity contribution is 1.28. The molecule has 0 aliphatic heterocycles. The molecule has 0 aromatic heterocycles. The minimum Gasteiger partial charge on any atom is -0.310 e. The van der Waals surface area contributed by atoms with Gasteiger partial charge >= 0.3 is 0 Å². The van der Waals surface area contributed by atoms with E-state index in [4.69, 9.17) is 0 Å². The topological polar surface area (TPSA) is 3.24 Å². The Morgan fingerprint density at radius 1 is 0.283 bits per heavy atom. The number of benzene rings is 11. The van der Waals surface area contributed by atoms with E-state index in [1.807, 2.05) is 0 Å². The minimum absolute atomic E-state index is 1.10. The van der Waals surface area contributed by atoms with Gasteiger partial charge < -0.3 is 4.90 Å². The van der Waals surface area contributed by atoms with E-state index in [1.165, 1.54) is 93.5 Å². The molecule has 0 spiro atoms. The zero-order valence-electron chi connectivity index (χ0n) is 33.4. The van der Waals surface area contributed by atoms with E-state index < -0.39 is 0 Å². The molecule has 282 valence electrons. The molecule has 60 heavy (non-hydrogen) atoms. The normalized spacial score (nSPS) is 11.4. The van der Waals surface area contributed by atoms with Gasteiger partial charge in [-0.25, -0.2) is 0 Å². The fraction of sp³-hybridized carbons (Fsp3) is 0.0169. The first kappa shape index (κ1) is 35.4. The number of hydrogen-bond acceptors (Lipinski definition) is 1. The van der Waals surface area contributed by atoms with Crippen molar-refractivity contribution in [1.82, 2.24) is 0 Å². The molecule has 0 bridgehead atoms. The second-order valence-electron chi connectivity index (χ2n) is 15.8. The van der Waals surface area contributed by atoms with Gasteiger partial charge in [-0.05, 0) is 132 Å². The van der Waals surface area contributed by atoms with Gasteiger partial charge in [0.2, 0.25) is 0 Å². The van der Waals surface area contributed by atoms with Crippen LogP contribution in [0.25, 0.3) is 88.0 Å². The van der Waals surface area contributed by atoms with Crippen LogP contribution in [-0.4, -0.2) is 0 Å². The first-order valence-corrected chi connectivity index (χ1v) is 20.7. The van der Waals surface area contributed by atoms with Gasteiger partial charge in [0, 0.05) is 16.9 Å². The summed E-state index contributed by atoms with van der Waals surface area (Å²) >= 11 is 0. The third kappa shape index (κ3) is 6.29. The Bertz CT molecular complexity index is 3280. The highest BCUT2D eigenvalue weighted by Gasteiger charge is 2.19. The van der Waals surface area contributed by atoms with E-state index in [9.17, 15) is 0 Å². The summed E-state index contributed by atoms with van der Waals surface area (Å²) < 4.78 is 0. The van der Waals surface area contributed by atoms with Crippen molar-refractivity contribution >= 4 is 49.4 Å². The lowest BCUT2D eigenvalue weighted by atomic mass is 9.87. The van der Waals surface area contributed by atoms with Crippen molar-refractivity contribution in [3.8, 4) is 55.6 Å². The Hall–Kier alpha value is -7.74. The number of rotatable bonds is 8. The van der Waals surface area contributed by atoms with E-state index in [2.05, 4.69) is 242 Å². The Morgan fingerprint density at radius 3 is 1.30 bits per heavy atom. The van der Waals surface area contributed by atoms with Crippen molar-refractivity contribution in [2.24, 2.45) is 0 Å². The Kier molecular flexibility index (Phi) is 8.79.